The molecule has 7 rings (SSSR count). The normalized spacial score (nSPS) is 27.4. The third-order valence-electron chi connectivity index (χ3n) is 12.0. The van der Waals surface area contributed by atoms with Crippen molar-refractivity contribution in [2.75, 3.05) is 20.7 Å². The lowest BCUT2D eigenvalue weighted by molar-refractivity contribution is -0.140. The highest BCUT2D eigenvalue weighted by molar-refractivity contribution is 7.91. The van der Waals surface area contributed by atoms with Gasteiger partial charge in [0, 0.05) is 36.0 Å². The molecule has 2 aromatic heterocycles. The average Bonchev–Trinajstić information content (AvgIpc) is 3.89. The number of amides is 3. The molecule has 3 amide bonds. The van der Waals surface area contributed by atoms with Crippen LogP contribution >= 0.6 is 11.3 Å². The summed E-state index contributed by atoms with van der Waals surface area (Å²) in [5, 5.41) is 6.61. The second-order valence-corrected chi connectivity index (χ2v) is 19.2. The molecule has 4 fully saturated rings. The number of carbonyl (C=O) groups is 3. The van der Waals surface area contributed by atoms with Crippen LogP contribution in [0.1, 0.15) is 102 Å². The lowest BCUT2D eigenvalue weighted by Crippen LogP contribution is -2.55. The number of nitrogens with one attached hydrogen (secondary N) is 2. The van der Waals surface area contributed by atoms with Gasteiger partial charge in [-0.25, -0.2) is 18.4 Å². The van der Waals surface area contributed by atoms with Crippen molar-refractivity contribution in [2.45, 2.75) is 114 Å². The minimum absolute atomic E-state index is 0.131. The fraction of sp³-hybridized carbons (Fsp3) is 0.615. The van der Waals surface area contributed by atoms with Crippen molar-refractivity contribution in [3.63, 3.8) is 0 Å². The Kier molecular flexibility index (Phi) is 10.0. The zero-order valence-corrected chi connectivity index (χ0v) is 33.1. The standard InChI is InChI=1S/C39H51N5O7S2/c1-22(2)30-21-52-35(41-30)29-19-32(26-12-13-31(50-6)23(3)33(26)40-29)51-25-17-27-28(18-25)36(46)44(5)16-10-8-7-9-11-24-20-39(24,42-34(27)45)37(47)43-53(48,49)38(4)14-15-38/h12-13,19,21-22,24-25,27-28H,7-11,14-18,20H2,1-6H3,(H,42,45)(H,43,47)/t24-,25-,27-,28-,39-/m1/s1. The van der Waals surface area contributed by atoms with Crippen molar-refractivity contribution >= 4 is 50.0 Å². The van der Waals surface area contributed by atoms with Crippen molar-refractivity contribution in [3.05, 3.63) is 34.8 Å². The Morgan fingerprint density at radius 3 is 2.51 bits per heavy atom. The van der Waals surface area contributed by atoms with Crippen molar-refractivity contribution in [3.8, 4) is 22.2 Å². The first-order valence-corrected chi connectivity index (χ1v) is 21.3. The lowest BCUT2D eigenvalue weighted by Gasteiger charge is -2.27. The fourth-order valence-electron chi connectivity index (χ4n) is 8.05. The van der Waals surface area contributed by atoms with Crippen molar-refractivity contribution in [1.82, 2.24) is 24.9 Å². The molecular weight excluding hydrogens is 715 g/mol. The summed E-state index contributed by atoms with van der Waals surface area (Å²) in [4.78, 5) is 53.8. The number of benzene rings is 1. The number of ether oxygens (including phenoxy) is 2. The molecular formula is C39H51N5O7S2. The van der Waals surface area contributed by atoms with Gasteiger partial charge in [-0.05, 0) is 82.8 Å². The first-order valence-electron chi connectivity index (χ1n) is 18.9. The van der Waals surface area contributed by atoms with Crippen LogP contribution in [0.15, 0.2) is 23.6 Å². The first-order chi connectivity index (χ1) is 25.2. The van der Waals surface area contributed by atoms with Gasteiger partial charge in [-0.3, -0.25) is 19.1 Å². The first kappa shape index (κ1) is 37.5. The summed E-state index contributed by atoms with van der Waals surface area (Å²) in [6, 6.07) is 5.68. The second-order valence-electron chi connectivity index (χ2n) is 16.2. The molecule has 1 aromatic carbocycles. The van der Waals surface area contributed by atoms with E-state index in [1.54, 1.807) is 26.0 Å². The summed E-state index contributed by atoms with van der Waals surface area (Å²) >= 11 is 1.52. The fourth-order valence-corrected chi connectivity index (χ4v) is 10.3. The van der Waals surface area contributed by atoms with Crippen LogP contribution in [0, 0.1) is 24.7 Å². The van der Waals surface area contributed by atoms with E-state index in [4.69, 9.17) is 19.4 Å². The van der Waals surface area contributed by atoms with Gasteiger partial charge in [0.05, 0.1) is 34.9 Å². The number of aromatic nitrogens is 2. The number of rotatable bonds is 8. The van der Waals surface area contributed by atoms with Gasteiger partial charge in [0.2, 0.25) is 21.8 Å². The smallest absolute Gasteiger partial charge is 0.259 e. The SMILES string of the molecule is COc1ccc2c(O[C@@H]3C[C@H]4C(=O)N[C@]5(C(=O)NS(=O)(=O)C6(C)CC6)C[C@H]5CCCCCCN(C)C(=O)[C@@H]4C3)cc(-c3nc(C(C)C)cs3)nc2c1C. The van der Waals surface area contributed by atoms with Crippen LogP contribution in [0.25, 0.3) is 21.6 Å². The second kappa shape index (κ2) is 14.1. The number of sulfonamides is 1. The molecule has 4 aliphatic rings. The van der Waals surface area contributed by atoms with Crippen LogP contribution in [0.3, 0.4) is 0 Å². The molecule has 12 nitrogen and oxygen atoms in total. The van der Waals surface area contributed by atoms with E-state index in [0.29, 0.717) is 61.4 Å². The molecule has 2 N–H and O–H groups in total. The summed E-state index contributed by atoms with van der Waals surface area (Å²) < 4.78 is 40.0. The van der Waals surface area contributed by atoms with Gasteiger partial charge in [-0.1, -0.05) is 33.1 Å². The van der Waals surface area contributed by atoms with Crippen LogP contribution in [0.2, 0.25) is 0 Å². The number of hydrogen-bond donors (Lipinski definition) is 2. The molecule has 0 unspecified atom stereocenters. The van der Waals surface area contributed by atoms with Gasteiger partial charge in [0.25, 0.3) is 5.91 Å². The largest absolute Gasteiger partial charge is 0.496 e. The Hall–Kier alpha value is -3.78. The number of nitrogens with zero attached hydrogens (tertiary/aromatic N) is 3. The maximum Gasteiger partial charge on any atom is 0.259 e. The molecule has 1 aliphatic heterocycles. The van der Waals surface area contributed by atoms with E-state index >= 15 is 0 Å². The van der Waals surface area contributed by atoms with Gasteiger partial charge in [-0.15, -0.1) is 11.3 Å². The molecule has 14 heteroatoms. The summed E-state index contributed by atoms with van der Waals surface area (Å²) in [6.07, 6.45) is 5.66. The number of fused-ring (bicyclic) bond motifs is 3. The Morgan fingerprint density at radius 2 is 1.81 bits per heavy atom. The molecule has 286 valence electrons. The minimum atomic E-state index is -3.90. The molecule has 0 radical (unpaired) electrons. The Morgan fingerprint density at radius 1 is 1.08 bits per heavy atom. The molecule has 3 aromatic rings. The Balaban J connectivity index is 1.20. The molecule has 0 spiro atoms. The monoisotopic (exact) mass is 765 g/mol. The number of methoxy groups -OCH3 is 1. The van der Waals surface area contributed by atoms with Gasteiger partial charge >= 0.3 is 0 Å². The van der Waals surface area contributed by atoms with E-state index in [2.05, 4.69) is 23.9 Å². The third kappa shape index (κ3) is 7.13. The van der Waals surface area contributed by atoms with Gasteiger partial charge in [-0.2, -0.15) is 0 Å². The molecule has 5 atom stereocenters. The molecule has 53 heavy (non-hydrogen) atoms. The summed E-state index contributed by atoms with van der Waals surface area (Å²) in [7, 11) is -0.498. The van der Waals surface area contributed by atoms with Crippen molar-refractivity contribution < 1.29 is 32.3 Å². The van der Waals surface area contributed by atoms with Crippen LogP contribution < -0.4 is 19.5 Å². The number of thiazole rings is 1. The van der Waals surface area contributed by atoms with E-state index in [0.717, 1.165) is 47.3 Å². The number of pyridine rings is 1. The number of aryl methyl sites for hydroxylation is 1. The van der Waals surface area contributed by atoms with Crippen molar-refractivity contribution in [1.29, 1.82) is 0 Å². The Bertz CT molecular complexity index is 2040. The molecule has 3 aliphatic carbocycles. The van der Waals surface area contributed by atoms with Crippen LogP contribution in [0.4, 0.5) is 0 Å². The van der Waals surface area contributed by atoms with Crippen molar-refractivity contribution in [2.24, 2.45) is 17.8 Å². The van der Waals surface area contributed by atoms with Gasteiger partial charge in [0.15, 0.2) is 0 Å². The minimum Gasteiger partial charge on any atom is -0.496 e. The molecule has 3 heterocycles. The quantitative estimate of drug-likeness (QED) is 0.287. The topological polar surface area (TPSA) is 157 Å². The van der Waals surface area contributed by atoms with E-state index < -0.39 is 50.1 Å². The molecule has 0 bridgehead atoms. The summed E-state index contributed by atoms with van der Waals surface area (Å²) in [5.41, 5.74) is 1.88. The third-order valence-corrected chi connectivity index (χ3v) is 15.1. The van der Waals surface area contributed by atoms with E-state index in [1.807, 2.05) is 30.5 Å². The van der Waals surface area contributed by atoms with E-state index in [-0.39, 0.29) is 24.2 Å². The molecule has 3 saturated carbocycles. The highest BCUT2D eigenvalue weighted by Gasteiger charge is 2.63. The predicted octanol–water partition coefficient (Wildman–Crippen LogP) is 5.87. The zero-order valence-electron chi connectivity index (χ0n) is 31.5. The van der Waals surface area contributed by atoms with E-state index in [1.165, 1.54) is 11.3 Å². The average molecular weight is 766 g/mol. The van der Waals surface area contributed by atoms with Crippen LogP contribution in [-0.4, -0.2) is 78.1 Å². The number of hydrogen-bond acceptors (Lipinski definition) is 10. The van der Waals surface area contributed by atoms with E-state index in [9.17, 15) is 22.8 Å². The Labute approximate surface area is 315 Å². The highest BCUT2D eigenvalue weighted by Crippen LogP contribution is 2.50. The number of carbonyl (C=O) groups excluding carboxylic acids is 3. The summed E-state index contributed by atoms with van der Waals surface area (Å²) in [5.74, 6) is -1.33. The maximum absolute atomic E-state index is 14.4. The van der Waals surface area contributed by atoms with Crippen LogP contribution in [0.5, 0.6) is 11.5 Å². The predicted molar refractivity (Wildman–Crippen MR) is 203 cm³/mol. The lowest BCUT2D eigenvalue weighted by atomic mass is 9.92. The zero-order chi connectivity index (χ0) is 37.9. The maximum atomic E-state index is 14.4. The van der Waals surface area contributed by atoms with Gasteiger partial charge in [0.1, 0.15) is 33.8 Å². The van der Waals surface area contributed by atoms with Gasteiger partial charge < -0.3 is 19.7 Å². The van der Waals surface area contributed by atoms with Crippen LogP contribution in [-0.2, 0) is 24.4 Å². The highest BCUT2D eigenvalue weighted by atomic mass is 32.2. The molecule has 1 saturated heterocycles. The summed E-state index contributed by atoms with van der Waals surface area (Å²) in [6.45, 7) is 8.37.